The van der Waals surface area contributed by atoms with Crippen molar-refractivity contribution in [2.24, 2.45) is 0 Å². The minimum atomic E-state index is -0.608. The molecular formula is C13H27NO2. The van der Waals surface area contributed by atoms with Crippen molar-refractivity contribution in [3.05, 3.63) is 0 Å². The Balaban J connectivity index is 2.28. The SMILES string of the molecule is CC1CC(OCCC(C)(C)O)CC(C)N1C. The van der Waals surface area contributed by atoms with Crippen LogP contribution in [0.15, 0.2) is 0 Å². The first-order chi connectivity index (χ1) is 7.29. The second kappa shape index (κ2) is 5.48. The van der Waals surface area contributed by atoms with E-state index in [-0.39, 0.29) is 0 Å². The third kappa shape index (κ3) is 4.40. The van der Waals surface area contributed by atoms with Crippen molar-refractivity contribution in [2.45, 2.75) is 70.7 Å². The molecule has 1 aliphatic rings. The summed E-state index contributed by atoms with van der Waals surface area (Å²) in [5.74, 6) is 0. The fraction of sp³-hybridized carbons (Fsp3) is 1.00. The van der Waals surface area contributed by atoms with Crippen molar-refractivity contribution < 1.29 is 9.84 Å². The molecule has 3 heteroatoms. The topological polar surface area (TPSA) is 32.7 Å². The van der Waals surface area contributed by atoms with E-state index in [0.717, 1.165) is 12.8 Å². The predicted octanol–water partition coefficient (Wildman–Crippen LogP) is 2.04. The van der Waals surface area contributed by atoms with Gasteiger partial charge in [0.25, 0.3) is 0 Å². The van der Waals surface area contributed by atoms with Gasteiger partial charge in [0.05, 0.1) is 11.7 Å². The number of likely N-dealkylation sites (tertiary alicyclic amines) is 1. The Kier molecular flexibility index (Phi) is 4.77. The summed E-state index contributed by atoms with van der Waals surface area (Å²) >= 11 is 0. The maximum atomic E-state index is 9.60. The van der Waals surface area contributed by atoms with Crippen molar-refractivity contribution in [2.75, 3.05) is 13.7 Å². The highest BCUT2D eigenvalue weighted by molar-refractivity contribution is 4.83. The molecule has 1 fully saturated rings. The molecule has 0 aromatic rings. The molecule has 0 bridgehead atoms. The molecule has 2 unspecified atom stereocenters. The molecule has 3 nitrogen and oxygen atoms in total. The Morgan fingerprint density at radius 2 is 1.75 bits per heavy atom. The molecule has 2 atom stereocenters. The van der Waals surface area contributed by atoms with Crippen molar-refractivity contribution in [1.82, 2.24) is 4.90 Å². The van der Waals surface area contributed by atoms with Gasteiger partial charge in [-0.15, -0.1) is 0 Å². The lowest BCUT2D eigenvalue weighted by Gasteiger charge is -2.40. The lowest BCUT2D eigenvalue weighted by molar-refractivity contribution is -0.0451. The minimum absolute atomic E-state index is 0.364. The highest BCUT2D eigenvalue weighted by atomic mass is 16.5. The van der Waals surface area contributed by atoms with E-state index in [9.17, 15) is 5.11 Å². The van der Waals surface area contributed by atoms with Crippen LogP contribution in [0.25, 0.3) is 0 Å². The van der Waals surface area contributed by atoms with Gasteiger partial charge in [-0.2, -0.15) is 0 Å². The van der Waals surface area contributed by atoms with Crippen molar-refractivity contribution in [3.8, 4) is 0 Å². The molecule has 0 aromatic carbocycles. The Bertz CT molecular complexity index is 200. The molecule has 0 spiro atoms. The Labute approximate surface area is 99.8 Å². The zero-order valence-corrected chi connectivity index (χ0v) is 11.4. The molecule has 1 N–H and O–H groups in total. The van der Waals surface area contributed by atoms with Crippen LogP contribution in [0.5, 0.6) is 0 Å². The van der Waals surface area contributed by atoms with Gasteiger partial charge in [0.1, 0.15) is 0 Å². The van der Waals surface area contributed by atoms with Gasteiger partial charge in [0.2, 0.25) is 0 Å². The highest BCUT2D eigenvalue weighted by Crippen LogP contribution is 2.24. The van der Waals surface area contributed by atoms with Gasteiger partial charge in [0.15, 0.2) is 0 Å². The van der Waals surface area contributed by atoms with E-state index >= 15 is 0 Å². The maximum Gasteiger partial charge on any atom is 0.0613 e. The van der Waals surface area contributed by atoms with Gasteiger partial charge in [0, 0.05) is 18.7 Å². The van der Waals surface area contributed by atoms with Gasteiger partial charge in [-0.25, -0.2) is 0 Å². The van der Waals surface area contributed by atoms with Gasteiger partial charge in [-0.3, -0.25) is 0 Å². The number of piperidine rings is 1. The summed E-state index contributed by atoms with van der Waals surface area (Å²) in [5.41, 5.74) is -0.608. The van der Waals surface area contributed by atoms with Crippen molar-refractivity contribution in [3.63, 3.8) is 0 Å². The molecule has 0 aromatic heterocycles. The standard InChI is InChI=1S/C13H27NO2/c1-10-8-12(9-11(2)14(10)5)16-7-6-13(3,4)15/h10-12,15H,6-9H2,1-5H3. The Morgan fingerprint density at radius 3 is 2.19 bits per heavy atom. The molecule has 0 radical (unpaired) electrons. The van der Waals surface area contributed by atoms with Crippen LogP contribution in [0, 0.1) is 0 Å². The van der Waals surface area contributed by atoms with E-state index in [2.05, 4.69) is 25.8 Å². The first-order valence-corrected chi connectivity index (χ1v) is 6.35. The molecule has 16 heavy (non-hydrogen) atoms. The quantitative estimate of drug-likeness (QED) is 0.800. The lowest BCUT2D eigenvalue weighted by atomic mass is 9.95. The molecule has 1 aliphatic heterocycles. The number of nitrogens with zero attached hydrogens (tertiary/aromatic N) is 1. The van der Waals surface area contributed by atoms with Gasteiger partial charge in [-0.1, -0.05) is 0 Å². The van der Waals surface area contributed by atoms with Crippen molar-refractivity contribution in [1.29, 1.82) is 0 Å². The number of ether oxygens (including phenoxy) is 1. The second-order valence-corrected chi connectivity index (χ2v) is 5.89. The van der Waals surface area contributed by atoms with E-state index in [1.54, 1.807) is 0 Å². The zero-order valence-electron chi connectivity index (χ0n) is 11.4. The number of rotatable bonds is 4. The molecule has 96 valence electrons. The average molecular weight is 229 g/mol. The summed E-state index contributed by atoms with van der Waals surface area (Å²) < 4.78 is 5.86. The molecule has 0 amide bonds. The first-order valence-electron chi connectivity index (χ1n) is 6.35. The summed E-state index contributed by atoms with van der Waals surface area (Å²) in [7, 11) is 2.18. The fourth-order valence-electron chi connectivity index (χ4n) is 2.24. The van der Waals surface area contributed by atoms with Crippen LogP contribution >= 0.6 is 0 Å². The van der Waals surface area contributed by atoms with E-state index in [0.29, 0.717) is 31.2 Å². The second-order valence-electron chi connectivity index (χ2n) is 5.89. The molecule has 1 heterocycles. The Hall–Kier alpha value is -0.120. The van der Waals surface area contributed by atoms with Gasteiger partial charge in [-0.05, 0) is 54.0 Å². The van der Waals surface area contributed by atoms with Crippen LogP contribution in [-0.2, 0) is 4.74 Å². The monoisotopic (exact) mass is 229 g/mol. The smallest absolute Gasteiger partial charge is 0.0613 e. The lowest BCUT2D eigenvalue weighted by Crippen LogP contribution is -2.46. The van der Waals surface area contributed by atoms with Crippen LogP contribution in [-0.4, -0.2) is 47.4 Å². The number of hydrogen-bond acceptors (Lipinski definition) is 3. The van der Waals surface area contributed by atoms with Crippen LogP contribution in [0.4, 0.5) is 0 Å². The van der Waals surface area contributed by atoms with Crippen LogP contribution in [0.1, 0.15) is 47.0 Å². The molecule has 1 saturated heterocycles. The van der Waals surface area contributed by atoms with Gasteiger partial charge >= 0.3 is 0 Å². The van der Waals surface area contributed by atoms with Crippen LogP contribution in [0.2, 0.25) is 0 Å². The van der Waals surface area contributed by atoms with Crippen LogP contribution < -0.4 is 0 Å². The third-order valence-corrected chi connectivity index (χ3v) is 3.67. The van der Waals surface area contributed by atoms with E-state index in [1.807, 2.05) is 13.8 Å². The summed E-state index contributed by atoms with van der Waals surface area (Å²) in [4.78, 5) is 2.41. The zero-order chi connectivity index (χ0) is 12.3. The summed E-state index contributed by atoms with van der Waals surface area (Å²) in [5, 5.41) is 9.60. The summed E-state index contributed by atoms with van der Waals surface area (Å²) in [6.45, 7) is 8.83. The predicted molar refractivity (Wildman–Crippen MR) is 66.6 cm³/mol. The summed E-state index contributed by atoms with van der Waals surface area (Å²) in [6.07, 6.45) is 3.28. The van der Waals surface area contributed by atoms with Crippen molar-refractivity contribution >= 4 is 0 Å². The molecular weight excluding hydrogens is 202 g/mol. The normalized spacial score (nSPS) is 33.0. The van der Waals surface area contributed by atoms with E-state index in [1.165, 1.54) is 0 Å². The highest BCUT2D eigenvalue weighted by Gasteiger charge is 2.28. The largest absolute Gasteiger partial charge is 0.390 e. The Morgan fingerprint density at radius 1 is 1.25 bits per heavy atom. The number of hydrogen-bond donors (Lipinski definition) is 1. The maximum absolute atomic E-state index is 9.60. The minimum Gasteiger partial charge on any atom is -0.390 e. The van der Waals surface area contributed by atoms with E-state index in [4.69, 9.17) is 4.74 Å². The number of aliphatic hydroxyl groups is 1. The molecule has 1 rings (SSSR count). The fourth-order valence-corrected chi connectivity index (χ4v) is 2.24. The first kappa shape index (κ1) is 13.9. The van der Waals surface area contributed by atoms with E-state index < -0.39 is 5.60 Å². The molecule has 0 saturated carbocycles. The van der Waals surface area contributed by atoms with Gasteiger partial charge < -0.3 is 14.7 Å². The summed E-state index contributed by atoms with van der Waals surface area (Å²) in [6, 6.07) is 1.19. The van der Waals surface area contributed by atoms with Crippen LogP contribution in [0.3, 0.4) is 0 Å². The molecule has 0 aliphatic carbocycles. The third-order valence-electron chi connectivity index (χ3n) is 3.67. The average Bonchev–Trinajstić information content (AvgIpc) is 2.12.